The van der Waals surface area contributed by atoms with Crippen molar-refractivity contribution in [2.75, 3.05) is 12.5 Å². The molecule has 2 aromatic rings. The first-order chi connectivity index (χ1) is 9.24. The summed E-state index contributed by atoms with van der Waals surface area (Å²) in [7, 11) is 1.62. The number of rotatable bonds is 5. The van der Waals surface area contributed by atoms with Crippen LogP contribution in [0.25, 0.3) is 0 Å². The molecule has 5 nitrogen and oxygen atoms in total. The van der Waals surface area contributed by atoms with Crippen molar-refractivity contribution in [2.45, 2.75) is 6.61 Å². The smallest absolute Gasteiger partial charge is 0.146 e. The highest BCUT2D eigenvalue weighted by atomic mass is 79.9. The monoisotopic (exact) mass is 323 g/mol. The predicted molar refractivity (Wildman–Crippen MR) is 77.1 cm³/mol. The summed E-state index contributed by atoms with van der Waals surface area (Å²) in [6.45, 7) is 0.373. The van der Waals surface area contributed by atoms with E-state index in [0.717, 1.165) is 21.5 Å². The fraction of sp³-hybridized carbons (Fsp3) is 0.154. The molecule has 0 radical (unpaired) electrons. The van der Waals surface area contributed by atoms with Crippen molar-refractivity contribution in [3.05, 3.63) is 46.6 Å². The van der Waals surface area contributed by atoms with Crippen molar-refractivity contribution < 1.29 is 9.47 Å². The number of hydrazine groups is 1. The van der Waals surface area contributed by atoms with Gasteiger partial charge in [-0.2, -0.15) is 0 Å². The second-order valence-electron chi connectivity index (χ2n) is 3.74. The zero-order valence-electron chi connectivity index (χ0n) is 10.4. The Kier molecular flexibility index (Phi) is 4.59. The van der Waals surface area contributed by atoms with E-state index in [4.69, 9.17) is 15.3 Å². The average Bonchev–Trinajstić information content (AvgIpc) is 2.46. The van der Waals surface area contributed by atoms with Crippen LogP contribution in [0.5, 0.6) is 11.5 Å². The molecule has 0 saturated heterocycles. The second kappa shape index (κ2) is 6.40. The average molecular weight is 324 g/mol. The number of benzene rings is 1. The van der Waals surface area contributed by atoms with Gasteiger partial charge in [0.25, 0.3) is 0 Å². The van der Waals surface area contributed by atoms with Crippen molar-refractivity contribution >= 4 is 21.7 Å². The summed E-state index contributed by atoms with van der Waals surface area (Å²) < 4.78 is 11.7. The normalized spacial score (nSPS) is 10.1. The number of aromatic nitrogens is 1. The third kappa shape index (κ3) is 3.36. The van der Waals surface area contributed by atoms with Crippen molar-refractivity contribution in [3.63, 3.8) is 0 Å². The Morgan fingerprint density at radius 1 is 1.37 bits per heavy atom. The second-order valence-corrected chi connectivity index (χ2v) is 4.59. The van der Waals surface area contributed by atoms with Gasteiger partial charge in [-0.25, -0.2) is 10.8 Å². The van der Waals surface area contributed by atoms with E-state index < -0.39 is 0 Å². The fourth-order valence-corrected chi connectivity index (χ4v) is 2.04. The Morgan fingerprint density at radius 2 is 2.21 bits per heavy atom. The molecule has 6 heteroatoms. The number of halogens is 1. The number of nitrogens with zero attached hydrogens (tertiary/aromatic N) is 1. The Hall–Kier alpha value is -1.79. The van der Waals surface area contributed by atoms with Gasteiger partial charge in [0.15, 0.2) is 0 Å². The van der Waals surface area contributed by atoms with Gasteiger partial charge < -0.3 is 14.9 Å². The summed E-state index contributed by atoms with van der Waals surface area (Å²) in [5.41, 5.74) is 3.42. The number of anilines is 1. The summed E-state index contributed by atoms with van der Waals surface area (Å²) in [5.74, 6) is 7.50. The Balaban J connectivity index is 2.10. The number of nitrogen functional groups attached to an aromatic ring is 1. The van der Waals surface area contributed by atoms with Crippen molar-refractivity contribution in [2.24, 2.45) is 5.84 Å². The summed E-state index contributed by atoms with van der Waals surface area (Å²) in [6.07, 6.45) is 1.67. The maximum atomic E-state index is 5.73. The molecule has 2 rings (SSSR count). The molecule has 0 amide bonds. The Bertz CT molecular complexity index is 563. The van der Waals surface area contributed by atoms with Crippen molar-refractivity contribution in [1.82, 2.24) is 4.98 Å². The molecular weight excluding hydrogens is 310 g/mol. The highest BCUT2D eigenvalue weighted by Crippen LogP contribution is 2.30. The number of methoxy groups -OCH3 is 1. The van der Waals surface area contributed by atoms with Gasteiger partial charge in [0, 0.05) is 11.8 Å². The maximum absolute atomic E-state index is 5.73. The number of nitrogens with one attached hydrogen (secondary N) is 1. The van der Waals surface area contributed by atoms with Crippen LogP contribution in [0.4, 0.5) is 5.82 Å². The van der Waals surface area contributed by atoms with Crippen LogP contribution < -0.4 is 20.7 Å². The summed E-state index contributed by atoms with van der Waals surface area (Å²) in [5, 5.41) is 0. The highest BCUT2D eigenvalue weighted by molar-refractivity contribution is 9.10. The minimum atomic E-state index is 0.373. The van der Waals surface area contributed by atoms with E-state index in [1.165, 1.54) is 0 Å². The van der Waals surface area contributed by atoms with Crippen LogP contribution in [0.3, 0.4) is 0 Å². The molecule has 0 unspecified atom stereocenters. The van der Waals surface area contributed by atoms with Crippen LogP contribution in [0.15, 0.2) is 41.0 Å². The lowest BCUT2D eigenvalue weighted by Gasteiger charge is -2.11. The highest BCUT2D eigenvalue weighted by Gasteiger charge is 2.06. The van der Waals surface area contributed by atoms with Crippen molar-refractivity contribution in [1.29, 1.82) is 0 Å². The molecule has 0 spiro atoms. The first kappa shape index (κ1) is 13.6. The van der Waals surface area contributed by atoms with E-state index in [9.17, 15) is 0 Å². The number of ether oxygens (including phenoxy) is 2. The van der Waals surface area contributed by atoms with Gasteiger partial charge >= 0.3 is 0 Å². The molecule has 0 atom stereocenters. The minimum absolute atomic E-state index is 0.373. The largest absolute Gasteiger partial charge is 0.497 e. The molecular formula is C13H14BrN3O2. The lowest BCUT2D eigenvalue weighted by atomic mass is 10.2. The maximum Gasteiger partial charge on any atom is 0.146 e. The van der Waals surface area contributed by atoms with Gasteiger partial charge in [-0.1, -0.05) is 6.07 Å². The van der Waals surface area contributed by atoms with E-state index in [-0.39, 0.29) is 0 Å². The lowest BCUT2D eigenvalue weighted by molar-refractivity contribution is 0.303. The van der Waals surface area contributed by atoms with Gasteiger partial charge in [-0.05, 0) is 40.2 Å². The third-order valence-corrected chi connectivity index (χ3v) is 3.17. The topological polar surface area (TPSA) is 69.4 Å². The first-order valence-corrected chi connectivity index (χ1v) is 6.40. The fourth-order valence-electron chi connectivity index (χ4n) is 1.57. The number of hydrogen-bond acceptors (Lipinski definition) is 5. The Morgan fingerprint density at radius 3 is 2.89 bits per heavy atom. The molecule has 19 heavy (non-hydrogen) atoms. The molecule has 0 saturated carbocycles. The van der Waals surface area contributed by atoms with E-state index >= 15 is 0 Å². The van der Waals surface area contributed by atoms with Crippen LogP contribution in [0.1, 0.15) is 5.56 Å². The summed E-state index contributed by atoms with van der Waals surface area (Å²) in [4.78, 5) is 4.11. The minimum Gasteiger partial charge on any atom is -0.497 e. The third-order valence-electron chi connectivity index (χ3n) is 2.55. The van der Waals surface area contributed by atoms with Gasteiger partial charge in [-0.15, -0.1) is 0 Å². The van der Waals surface area contributed by atoms with Crippen LogP contribution in [-0.2, 0) is 6.61 Å². The van der Waals surface area contributed by atoms with Gasteiger partial charge in [0.05, 0.1) is 11.6 Å². The Labute approximate surface area is 119 Å². The summed E-state index contributed by atoms with van der Waals surface area (Å²) >= 11 is 3.44. The number of pyridine rings is 1. The van der Waals surface area contributed by atoms with Crippen LogP contribution in [0.2, 0.25) is 0 Å². The molecule has 1 heterocycles. The molecule has 3 N–H and O–H groups in total. The molecule has 0 fully saturated rings. The zero-order valence-corrected chi connectivity index (χ0v) is 12.0. The molecule has 0 aliphatic rings. The van der Waals surface area contributed by atoms with Gasteiger partial charge in [-0.3, -0.25) is 0 Å². The predicted octanol–water partition coefficient (Wildman–Crippen LogP) is 2.72. The van der Waals surface area contributed by atoms with Crippen molar-refractivity contribution in [3.8, 4) is 11.5 Å². The van der Waals surface area contributed by atoms with Crippen LogP contribution in [0, 0.1) is 0 Å². The number of nitrogens with two attached hydrogens (primary N) is 1. The van der Waals surface area contributed by atoms with E-state index in [1.54, 1.807) is 13.3 Å². The van der Waals surface area contributed by atoms with Crippen LogP contribution >= 0.6 is 15.9 Å². The van der Waals surface area contributed by atoms with Crippen LogP contribution in [-0.4, -0.2) is 12.1 Å². The molecule has 1 aromatic heterocycles. The quantitative estimate of drug-likeness (QED) is 0.654. The zero-order chi connectivity index (χ0) is 13.7. The van der Waals surface area contributed by atoms with Gasteiger partial charge in [0.2, 0.25) is 0 Å². The first-order valence-electron chi connectivity index (χ1n) is 5.61. The van der Waals surface area contributed by atoms with E-state index in [0.29, 0.717) is 12.4 Å². The van der Waals surface area contributed by atoms with E-state index in [1.807, 2.05) is 30.3 Å². The molecule has 100 valence electrons. The lowest BCUT2D eigenvalue weighted by Crippen LogP contribution is -2.12. The summed E-state index contributed by atoms with van der Waals surface area (Å²) in [6, 6.07) is 9.27. The molecule has 0 bridgehead atoms. The molecule has 0 aliphatic carbocycles. The standard InChI is InChI=1S/C13H14BrN3O2/c1-18-10-4-5-12(11(14)7-10)19-8-9-3-2-6-16-13(9)17-15/h2-7H,8,15H2,1H3,(H,16,17). The molecule has 0 aliphatic heterocycles. The van der Waals surface area contributed by atoms with E-state index in [2.05, 4.69) is 26.3 Å². The SMILES string of the molecule is COc1ccc(OCc2cccnc2NN)c(Br)c1. The van der Waals surface area contributed by atoms with Gasteiger partial charge in [0.1, 0.15) is 23.9 Å². The molecule has 1 aromatic carbocycles. The number of hydrogen-bond donors (Lipinski definition) is 2.